The molecule has 0 unspecified atom stereocenters. The van der Waals surface area contributed by atoms with E-state index in [1.807, 2.05) is 0 Å². The molecule has 3 aromatic carbocycles. The minimum absolute atomic E-state index is 0.0656. The van der Waals surface area contributed by atoms with Crippen molar-refractivity contribution in [3.8, 4) is 5.75 Å². The van der Waals surface area contributed by atoms with Gasteiger partial charge in [-0.1, -0.05) is 65.3 Å². The number of carbonyl (C=O) groups is 2. The highest BCUT2D eigenvalue weighted by atomic mass is 35.5. The van der Waals surface area contributed by atoms with Crippen LogP contribution in [0.2, 0.25) is 10.0 Å². The van der Waals surface area contributed by atoms with Crippen molar-refractivity contribution in [1.29, 1.82) is 0 Å². The number of thioether (sulfide) groups is 1. The Morgan fingerprint density at radius 1 is 1.09 bits per heavy atom. The first-order chi connectivity index (χ1) is 16.8. The van der Waals surface area contributed by atoms with E-state index in [2.05, 4.69) is 10.7 Å². The molecule has 0 bridgehead atoms. The van der Waals surface area contributed by atoms with Gasteiger partial charge in [0, 0.05) is 11.3 Å². The van der Waals surface area contributed by atoms with Gasteiger partial charge in [-0.25, -0.2) is 14.6 Å². The van der Waals surface area contributed by atoms with Gasteiger partial charge in [0.25, 0.3) is 5.91 Å². The number of thiocarbonyl (C=S) groups is 1. The number of hydrogen-bond donors (Lipinski definition) is 2. The second-order valence-electron chi connectivity index (χ2n) is 7.16. The number of ether oxygens (including phenoxy) is 1. The van der Waals surface area contributed by atoms with Crippen LogP contribution < -0.4 is 15.5 Å². The molecule has 0 spiro atoms. The first-order valence-corrected chi connectivity index (χ1v) is 12.0. The Kier molecular flexibility index (Phi) is 7.92. The van der Waals surface area contributed by atoms with Crippen molar-refractivity contribution in [2.24, 2.45) is 0 Å². The summed E-state index contributed by atoms with van der Waals surface area (Å²) < 4.78 is 19.7. The van der Waals surface area contributed by atoms with E-state index in [0.29, 0.717) is 32.5 Å². The highest BCUT2D eigenvalue weighted by Crippen LogP contribution is 2.32. The molecule has 1 saturated heterocycles. The Balaban J connectivity index is 1.40. The third-order valence-corrected chi connectivity index (χ3v) is 6.73. The fourth-order valence-corrected chi connectivity index (χ4v) is 4.50. The molecule has 1 fully saturated rings. The van der Waals surface area contributed by atoms with E-state index < -0.39 is 11.9 Å². The maximum atomic E-state index is 13.8. The third-order valence-electron chi connectivity index (χ3n) is 4.69. The lowest BCUT2D eigenvalue weighted by Crippen LogP contribution is -2.46. The smallest absolute Gasteiger partial charge is 0.338 e. The van der Waals surface area contributed by atoms with Crippen LogP contribution in [0.1, 0.15) is 11.1 Å². The summed E-state index contributed by atoms with van der Waals surface area (Å²) in [4.78, 5) is 25.5. The Morgan fingerprint density at radius 2 is 1.89 bits per heavy atom. The fourth-order valence-electron chi connectivity index (χ4n) is 3.02. The van der Waals surface area contributed by atoms with E-state index >= 15 is 0 Å². The van der Waals surface area contributed by atoms with E-state index in [1.54, 1.807) is 54.6 Å². The number of hydrogen-bond acceptors (Lipinski definition) is 5. The Hall–Kier alpha value is -3.11. The molecule has 35 heavy (non-hydrogen) atoms. The van der Waals surface area contributed by atoms with Crippen LogP contribution in [0.3, 0.4) is 0 Å². The Morgan fingerprint density at radius 3 is 2.66 bits per heavy atom. The van der Waals surface area contributed by atoms with Crippen LogP contribution >= 0.6 is 47.2 Å². The standard InChI is InChI=1S/C24H16Cl2FN3O3S2/c25-18-9-8-16(12-19(18)26)28-23(32)29-30-22(31)21(35-24(30)34)11-14-4-3-6-17(10-14)33-13-15-5-1-2-7-20(15)27/h1-12H,13H2,(H2,28,29,32)/b21-11+. The summed E-state index contributed by atoms with van der Waals surface area (Å²) in [5.74, 6) is -0.318. The minimum Gasteiger partial charge on any atom is -0.489 e. The molecule has 4 rings (SSSR count). The lowest BCUT2D eigenvalue weighted by Gasteiger charge is -2.16. The predicted molar refractivity (Wildman–Crippen MR) is 141 cm³/mol. The Bertz CT molecular complexity index is 1350. The van der Waals surface area contributed by atoms with Gasteiger partial charge in [-0.05, 0) is 60.3 Å². The van der Waals surface area contributed by atoms with Gasteiger partial charge in [-0.15, -0.1) is 0 Å². The van der Waals surface area contributed by atoms with Crippen LogP contribution in [-0.2, 0) is 11.4 Å². The van der Waals surface area contributed by atoms with Crippen LogP contribution in [0.15, 0.2) is 71.6 Å². The number of benzene rings is 3. The first kappa shape index (κ1) is 25.0. The molecule has 1 aliphatic rings. The average molecular weight is 548 g/mol. The lowest BCUT2D eigenvalue weighted by atomic mass is 10.2. The molecule has 6 nitrogen and oxygen atoms in total. The van der Waals surface area contributed by atoms with Gasteiger partial charge in [-0.2, -0.15) is 5.01 Å². The average Bonchev–Trinajstić information content (AvgIpc) is 3.08. The molecule has 11 heteroatoms. The zero-order valence-corrected chi connectivity index (χ0v) is 20.9. The molecule has 0 aromatic heterocycles. The molecule has 178 valence electrons. The molecular weight excluding hydrogens is 532 g/mol. The number of amides is 3. The summed E-state index contributed by atoms with van der Waals surface area (Å²) in [5.41, 5.74) is 3.93. The number of nitrogens with one attached hydrogen (secondary N) is 2. The second-order valence-corrected chi connectivity index (χ2v) is 9.65. The maximum absolute atomic E-state index is 13.8. The van der Waals surface area contributed by atoms with Crippen molar-refractivity contribution < 1.29 is 18.7 Å². The van der Waals surface area contributed by atoms with Crippen molar-refractivity contribution in [3.05, 3.63) is 98.6 Å². The van der Waals surface area contributed by atoms with Gasteiger partial charge < -0.3 is 10.1 Å². The molecule has 2 N–H and O–H groups in total. The minimum atomic E-state index is -0.676. The largest absolute Gasteiger partial charge is 0.489 e. The summed E-state index contributed by atoms with van der Waals surface area (Å²) in [5, 5.41) is 4.17. The summed E-state index contributed by atoms with van der Waals surface area (Å²) in [7, 11) is 0. The Labute approximate surface area is 220 Å². The summed E-state index contributed by atoms with van der Waals surface area (Å²) >= 11 is 18.1. The number of urea groups is 1. The number of halogens is 3. The molecule has 0 radical (unpaired) electrons. The molecule has 3 aromatic rings. The lowest BCUT2D eigenvalue weighted by molar-refractivity contribution is -0.123. The third kappa shape index (κ3) is 6.32. The normalized spacial score (nSPS) is 14.4. The van der Waals surface area contributed by atoms with Gasteiger partial charge in [-0.3, -0.25) is 4.79 Å². The highest BCUT2D eigenvalue weighted by molar-refractivity contribution is 8.26. The van der Waals surface area contributed by atoms with Crippen LogP contribution in [0.5, 0.6) is 5.75 Å². The maximum Gasteiger partial charge on any atom is 0.338 e. The summed E-state index contributed by atoms with van der Waals surface area (Å²) in [6.07, 6.45) is 1.63. The zero-order chi connectivity index (χ0) is 24.9. The van der Waals surface area contributed by atoms with Gasteiger partial charge >= 0.3 is 6.03 Å². The fraction of sp³-hybridized carbons (Fsp3) is 0.0417. The van der Waals surface area contributed by atoms with Crippen molar-refractivity contribution in [1.82, 2.24) is 10.4 Å². The van der Waals surface area contributed by atoms with E-state index in [4.69, 9.17) is 40.2 Å². The molecule has 0 saturated carbocycles. The SMILES string of the molecule is O=C(Nc1ccc(Cl)c(Cl)c1)NN1C(=O)/C(=C\c2cccc(OCc3ccccc3F)c2)SC1=S. The number of anilines is 1. The van der Waals surface area contributed by atoms with E-state index in [-0.39, 0.29) is 21.8 Å². The molecule has 0 aliphatic carbocycles. The van der Waals surface area contributed by atoms with E-state index in [0.717, 1.165) is 16.8 Å². The molecule has 1 aliphatic heterocycles. The molecule has 1 heterocycles. The number of carbonyl (C=O) groups excluding carboxylic acids is 2. The summed E-state index contributed by atoms with van der Waals surface area (Å²) in [6.45, 7) is 0.0656. The van der Waals surface area contributed by atoms with Crippen LogP contribution in [0.4, 0.5) is 14.9 Å². The topological polar surface area (TPSA) is 70.7 Å². The van der Waals surface area contributed by atoms with Crippen LogP contribution in [0, 0.1) is 5.82 Å². The summed E-state index contributed by atoms with van der Waals surface area (Å²) in [6, 6.07) is 17.3. The van der Waals surface area contributed by atoms with Crippen LogP contribution in [-0.4, -0.2) is 21.3 Å². The van der Waals surface area contributed by atoms with E-state index in [1.165, 1.54) is 18.2 Å². The first-order valence-electron chi connectivity index (χ1n) is 10.1. The van der Waals surface area contributed by atoms with Crippen molar-refractivity contribution in [2.45, 2.75) is 6.61 Å². The predicted octanol–water partition coefficient (Wildman–Crippen LogP) is 6.65. The highest BCUT2D eigenvalue weighted by Gasteiger charge is 2.33. The number of rotatable bonds is 6. The molecular formula is C24H16Cl2FN3O3S2. The zero-order valence-electron chi connectivity index (χ0n) is 17.8. The van der Waals surface area contributed by atoms with Gasteiger partial charge in [0.05, 0.1) is 15.0 Å². The molecule has 3 amide bonds. The van der Waals surface area contributed by atoms with Gasteiger partial charge in [0.2, 0.25) is 0 Å². The van der Waals surface area contributed by atoms with E-state index in [9.17, 15) is 14.0 Å². The quantitative estimate of drug-likeness (QED) is 0.267. The number of nitrogens with zero attached hydrogens (tertiary/aromatic N) is 1. The van der Waals surface area contributed by atoms with Gasteiger partial charge in [0.15, 0.2) is 4.32 Å². The number of hydrazine groups is 1. The molecule has 0 atom stereocenters. The van der Waals surface area contributed by atoms with Gasteiger partial charge in [0.1, 0.15) is 18.2 Å². The van der Waals surface area contributed by atoms with Crippen molar-refractivity contribution >= 4 is 75.2 Å². The van der Waals surface area contributed by atoms with Crippen molar-refractivity contribution in [2.75, 3.05) is 5.32 Å². The second kappa shape index (κ2) is 11.1. The van der Waals surface area contributed by atoms with Crippen LogP contribution in [0.25, 0.3) is 6.08 Å². The monoisotopic (exact) mass is 547 g/mol. The van der Waals surface area contributed by atoms with Crippen molar-refractivity contribution in [3.63, 3.8) is 0 Å².